The summed E-state index contributed by atoms with van der Waals surface area (Å²) in [4.78, 5) is 29.8. The normalized spacial score (nSPS) is 7.70. The van der Waals surface area contributed by atoms with Crippen LogP contribution < -0.4 is 14.3 Å². The van der Waals surface area contributed by atoms with Gasteiger partial charge in [-0.1, -0.05) is 0 Å². The predicted octanol–water partition coefficient (Wildman–Crippen LogP) is -5.15. The average molecular weight is 325 g/mol. The van der Waals surface area contributed by atoms with Crippen molar-refractivity contribution < 1.29 is 56.7 Å². The fourth-order valence-corrected chi connectivity index (χ4v) is 1.14. The van der Waals surface area contributed by atoms with E-state index in [1.807, 2.05) is 0 Å². The molecule has 13 nitrogen and oxygen atoms in total. The van der Waals surface area contributed by atoms with E-state index in [2.05, 4.69) is 4.52 Å². The predicted molar refractivity (Wildman–Crippen MR) is 63.0 cm³/mol. The number of hydrogen-bond acceptors (Lipinski definition) is 6. The minimum atomic E-state index is -5.10. The summed E-state index contributed by atoms with van der Waals surface area (Å²) in [5.41, 5.74) is -0.219. The second kappa shape index (κ2) is 13.8. The van der Waals surface area contributed by atoms with Crippen LogP contribution in [0, 0.1) is 10.1 Å². The van der Waals surface area contributed by atoms with E-state index in [0.717, 1.165) is 24.3 Å². The van der Waals surface area contributed by atoms with Crippen LogP contribution in [0.1, 0.15) is 0 Å². The Morgan fingerprint density at radius 1 is 0.900 bits per heavy atom. The van der Waals surface area contributed by atoms with Crippen LogP contribution in [0.4, 0.5) is 5.69 Å². The molecule has 124 valence electrons. The molecular weight excluding hydrogens is 309 g/mol. The highest BCUT2D eigenvalue weighted by Gasteiger charge is 2.04. The number of rotatable bonds is 3. The molecule has 0 aliphatic heterocycles. The third kappa shape index (κ3) is 12.8. The van der Waals surface area contributed by atoms with Crippen LogP contribution >= 0.6 is 7.82 Å². The van der Waals surface area contributed by atoms with E-state index in [-0.39, 0.29) is 44.3 Å². The van der Waals surface area contributed by atoms with E-state index in [9.17, 15) is 24.5 Å². The molecule has 0 saturated carbocycles. The van der Waals surface area contributed by atoms with Gasteiger partial charge >= 0.3 is 0 Å². The first-order valence-electron chi connectivity index (χ1n) is 3.34. The summed E-state index contributed by atoms with van der Waals surface area (Å²) >= 11 is 0. The van der Waals surface area contributed by atoms with Crippen molar-refractivity contribution in [3.8, 4) is 5.75 Å². The summed E-state index contributed by atoms with van der Waals surface area (Å²) in [7, 11) is -5.10. The van der Waals surface area contributed by atoms with Crippen molar-refractivity contribution in [2.75, 3.05) is 0 Å². The van der Waals surface area contributed by atoms with E-state index >= 15 is 0 Å². The van der Waals surface area contributed by atoms with Crippen LogP contribution in [0.5, 0.6) is 5.75 Å². The zero-order valence-corrected chi connectivity index (χ0v) is 10.5. The number of hydrogen-bond donors (Lipinski definition) is 0. The van der Waals surface area contributed by atoms with Gasteiger partial charge in [-0.15, -0.1) is 0 Å². The highest BCUT2D eigenvalue weighted by atomic mass is 31.2. The van der Waals surface area contributed by atoms with Gasteiger partial charge in [0.15, 0.2) is 0 Å². The molecule has 1 aromatic rings. The van der Waals surface area contributed by atoms with Crippen LogP contribution in [0.2, 0.25) is 0 Å². The number of nitrogens with zero attached hydrogens (tertiary/aromatic N) is 1. The standard InChI is InChI=1S/C6H6NO6P.6H2O/c8-7(9)5-1-3-6(4-2-5)13-14(10,11)12;;;;;;/h1-4H,(H2,10,11,12);6*1H2/p-2. The van der Waals surface area contributed by atoms with Crippen molar-refractivity contribution in [1.29, 1.82) is 0 Å². The number of phosphoric acid groups is 1. The SMILES string of the molecule is O.O.O.O.O.O.O=[N+]([O-])c1ccc(OP(=O)([O-])[O-])cc1. The molecule has 0 saturated heterocycles. The third-order valence-corrected chi connectivity index (χ3v) is 1.70. The molecule has 0 aliphatic rings. The Labute approximate surface area is 111 Å². The Hall–Kier alpha value is -1.67. The molecule has 0 fully saturated rings. The molecule has 14 heteroatoms. The topological polar surface area (TPSA) is 305 Å². The molecule has 0 heterocycles. The summed E-state index contributed by atoms with van der Waals surface area (Å²) < 4.78 is 14.1. The zero-order chi connectivity index (χ0) is 10.8. The van der Waals surface area contributed by atoms with Crippen LogP contribution in [0.25, 0.3) is 0 Å². The first-order valence-corrected chi connectivity index (χ1v) is 4.81. The van der Waals surface area contributed by atoms with Gasteiger partial charge in [-0.25, -0.2) is 0 Å². The molecular formula is C6H16NO12P-2. The Morgan fingerprint density at radius 2 is 1.25 bits per heavy atom. The number of non-ortho nitro benzene ring substituents is 1. The Kier molecular flexibility index (Phi) is 24.9. The fourth-order valence-electron chi connectivity index (χ4n) is 0.758. The molecule has 0 atom stereocenters. The smallest absolute Gasteiger partial charge is 0.269 e. The van der Waals surface area contributed by atoms with E-state index in [4.69, 9.17) is 0 Å². The maximum Gasteiger partial charge on any atom is 0.269 e. The summed E-state index contributed by atoms with van der Waals surface area (Å²) in [5, 5.41) is 10.2. The third-order valence-electron chi connectivity index (χ3n) is 1.26. The lowest BCUT2D eigenvalue weighted by Crippen LogP contribution is -2.18. The summed E-state index contributed by atoms with van der Waals surface area (Å²) in [5.74, 6) is -0.246. The lowest BCUT2D eigenvalue weighted by Gasteiger charge is -2.28. The zero-order valence-electron chi connectivity index (χ0n) is 9.65. The molecule has 0 amide bonds. The van der Waals surface area contributed by atoms with Crippen LogP contribution in [-0.2, 0) is 4.57 Å². The van der Waals surface area contributed by atoms with Gasteiger partial charge < -0.3 is 51.7 Å². The largest absolute Gasteiger partial charge is 0.780 e. The van der Waals surface area contributed by atoms with Gasteiger partial charge in [-0.3, -0.25) is 10.1 Å². The first kappa shape index (κ1) is 36.2. The van der Waals surface area contributed by atoms with E-state index in [0.29, 0.717) is 0 Å². The molecule has 12 N–H and O–H groups in total. The summed E-state index contributed by atoms with van der Waals surface area (Å²) in [6, 6.07) is 4.12. The molecule has 1 aromatic carbocycles. The second-order valence-electron chi connectivity index (χ2n) is 2.29. The minimum Gasteiger partial charge on any atom is -0.780 e. The van der Waals surface area contributed by atoms with Crippen molar-refractivity contribution in [3.63, 3.8) is 0 Å². The first-order chi connectivity index (χ1) is 6.38. The van der Waals surface area contributed by atoms with Crippen molar-refractivity contribution >= 4 is 13.5 Å². The maximum absolute atomic E-state index is 10.2. The van der Waals surface area contributed by atoms with Crippen molar-refractivity contribution in [2.45, 2.75) is 0 Å². The molecule has 0 bridgehead atoms. The summed E-state index contributed by atoms with van der Waals surface area (Å²) in [6.07, 6.45) is 0. The number of nitro benzene ring substituents is 1. The Balaban J connectivity index is -0.0000000817. The molecule has 0 spiro atoms. The lowest BCUT2D eigenvalue weighted by atomic mass is 10.3. The fraction of sp³-hybridized carbons (Fsp3) is 0. The van der Waals surface area contributed by atoms with Gasteiger partial charge in [-0.2, -0.15) is 0 Å². The van der Waals surface area contributed by atoms with E-state index < -0.39 is 12.7 Å². The molecule has 1 rings (SSSR count). The molecule has 0 radical (unpaired) electrons. The van der Waals surface area contributed by atoms with Crippen molar-refractivity contribution in [2.24, 2.45) is 0 Å². The average Bonchev–Trinajstić information content (AvgIpc) is 2.02. The molecule has 20 heavy (non-hydrogen) atoms. The van der Waals surface area contributed by atoms with Crippen LogP contribution in [0.15, 0.2) is 24.3 Å². The quantitative estimate of drug-likeness (QED) is 0.296. The number of phosphoric ester groups is 1. The molecule has 0 aromatic heterocycles. The van der Waals surface area contributed by atoms with E-state index in [1.54, 1.807) is 0 Å². The highest BCUT2D eigenvalue weighted by molar-refractivity contribution is 7.43. The highest BCUT2D eigenvalue weighted by Crippen LogP contribution is 2.29. The second-order valence-corrected chi connectivity index (χ2v) is 3.37. The minimum absolute atomic E-state index is 0. The van der Waals surface area contributed by atoms with Crippen LogP contribution in [0.3, 0.4) is 0 Å². The van der Waals surface area contributed by atoms with Crippen molar-refractivity contribution in [3.05, 3.63) is 34.4 Å². The lowest BCUT2D eigenvalue weighted by molar-refractivity contribution is -0.384. The number of nitro groups is 1. The van der Waals surface area contributed by atoms with Gasteiger partial charge in [0.2, 0.25) is 0 Å². The van der Waals surface area contributed by atoms with Gasteiger partial charge in [0.25, 0.3) is 5.69 Å². The van der Waals surface area contributed by atoms with Crippen molar-refractivity contribution in [1.82, 2.24) is 0 Å². The van der Waals surface area contributed by atoms with Gasteiger partial charge in [0.1, 0.15) is 13.6 Å². The van der Waals surface area contributed by atoms with Gasteiger partial charge in [0, 0.05) is 12.1 Å². The van der Waals surface area contributed by atoms with E-state index in [1.165, 1.54) is 0 Å². The molecule has 0 unspecified atom stereocenters. The Bertz CT molecular complexity index is 387. The monoisotopic (exact) mass is 325 g/mol. The number of benzene rings is 1. The van der Waals surface area contributed by atoms with Crippen LogP contribution in [-0.4, -0.2) is 37.8 Å². The van der Waals surface area contributed by atoms with Gasteiger partial charge in [0.05, 0.1) is 4.92 Å². The summed E-state index contributed by atoms with van der Waals surface area (Å²) in [6.45, 7) is 0. The molecule has 0 aliphatic carbocycles. The maximum atomic E-state index is 10.2. The Morgan fingerprint density at radius 3 is 1.50 bits per heavy atom. The van der Waals surface area contributed by atoms with Gasteiger partial charge in [-0.05, 0) is 12.1 Å².